The number of aliphatic carboxylic acids is 1. The lowest BCUT2D eigenvalue weighted by atomic mass is 10.2. The molecule has 9 heteroatoms. The lowest BCUT2D eigenvalue weighted by Crippen LogP contribution is -2.13. The molecule has 0 aliphatic heterocycles. The average Bonchev–Trinajstić information content (AvgIpc) is 2.81. The van der Waals surface area contributed by atoms with Crippen LogP contribution in [0, 0.1) is 17.5 Å². The van der Waals surface area contributed by atoms with Crippen molar-refractivity contribution in [2.24, 2.45) is 0 Å². The number of thiazole rings is 1. The molecule has 0 saturated heterocycles. The number of carboxylic acid groups (broad SMARTS) is 1. The molecule has 0 atom stereocenters. The predicted molar refractivity (Wildman–Crippen MR) is 67.7 cm³/mol. The maximum absolute atomic E-state index is 13.0. The number of hydrogen-bond donors (Lipinski definition) is 2. The van der Waals surface area contributed by atoms with Crippen LogP contribution in [0.25, 0.3) is 0 Å². The Morgan fingerprint density at radius 2 is 1.86 bits per heavy atom. The van der Waals surface area contributed by atoms with Crippen LogP contribution < -0.4 is 5.32 Å². The number of carboxylic acids is 1. The number of halogens is 3. The zero-order chi connectivity index (χ0) is 15.6. The van der Waals surface area contributed by atoms with Crippen molar-refractivity contribution >= 4 is 28.3 Å². The molecule has 0 fully saturated rings. The Hall–Kier alpha value is -2.42. The number of benzene rings is 1. The number of aromatic nitrogens is 1. The molecule has 1 heterocycles. The highest BCUT2D eigenvalue weighted by Crippen LogP contribution is 2.18. The van der Waals surface area contributed by atoms with Gasteiger partial charge in [-0.2, -0.15) is 0 Å². The van der Waals surface area contributed by atoms with Crippen molar-refractivity contribution in [2.75, 3.05) is 5.32 Å². The molecule has 5 nitrogen and oxygen atoms in total. The third-order valence-corrected chi connectivity index (χ3v) is 3.16. The topological polar surface area (TPSA) is 79.3 Å². The fourth-order valence-electron chi connectivity index (χ4n) is 1.46. The average molecular weight is 316 g/mol. The molecular formula is C12H7F3N2O3S. The molecule has 0 saturated carbocycles. The molecule has 2 rings (SSSR count). The summed E-state index contributed by atoms with van der Waals surface area (Å²) in [5, 5.41) is 12.3. The second kappa shape index (κ2) is 5.92. The smallest absolute Gasteiger partial charge is 0.309 e. The highest BCUT2D eigenvalue weighted by atomic mass is 32.1. The number of amides is 1. The van der Waals surface area contributed by atoms with E-state index in [0.717, 1.165) is 11.3 Å². The maximum Gasteiger partial charge on any atom is 0.309 e. The van der Waals surface area contributed by atoms with E-state index in [2.05, 4.69) is 10.3 Å². The summed E-state index contributed by atoms with van der Waals surface area (Å²) >= 11 is 0.958. The summed E-state index contributed by atoms with van der Waals surface area (Å²) in [4.78, 5) is 26.1. The van der Waals surface area contributed by atoms with Crippen molar-refractivity contribution in [3.8, 4) is 0 Å². The molecule has 1 aromatic carbocycles. The molecular weight excluding hydrogens is 309 g/mol. The third kappa shape index (κ3) is 3.57. The largest absolute Gasteiger partial charge is 0.481 e. The number of carbonyl (C=O) groups excluding carboxylic acids is 1. The van der Waals surface area contributed by atoms with E-state index in [0.29, 0.717) is 12.1 Å². The number of anilines is 1. The molecule has 2 aromatic rings. The van der Waals surface area contributed by atoms with Crippen LogP contribution in [-0.4, -0.2) is 22.0 Å². The molecule has 1 aromatic heterocycles. The van der Waals surface area contributed by atoms with Crippen LogP contribution in [0.2, 0.25) is 0 Å². The second-order valence-corrected chi connectivity index (χ2v) is 4.78. The van der Waals surface area contributed by atoms with Gasteiger partial charge in [-0.25, -0.2) is 18.2 Å². The normalized spacial score (nSPS) is 10.4. The fraction of sp³-hybridized carbons (Fsp3) is 0.0833. The van der Waals surface area contributed by atoms with Gasteiger partial charge in [0.25, 0.3) is 5.91 Å². The van der Waals surface area contributed by atoms with Gasteiger partial charge < -0.3 is 5.11 Å². The standard InChI is InChI=1S/C12H7F3N2O3S/c13-7-1-5(2-8(14)10(7)15)11(20)17-12-16-6(4-21-12)3-9(18)19/h1-2,4H,3H2,(H,18,19)(H,16,17,20). The van der Waals surface area contributed by atoms with Gasteiger partial charge in [-0.3, -0.25) is 14.9 Å². The monoisotopic (exact) mass is 316 g/mol. The molecule has 1 amide bonds. The number of nitrogens with one attached hydrogen (secondary N) is 1. The highest BCUT2D eigenvalue weighted by Gasteiger charge is 2.16. The van der Waals surface area contributed by atoms with Crippen LogP contribution in [0.15, 0.2) is 17.5 Å². The second-order valence-electron chi connectivity index (χ2n) is 3.92. The Balaban J connectivity index is 2.14. The first-order chi connectivity index (χ1) is 9.86. The fourth-order valence-corrected chi connectivity index (χ4v) is 2.16. The van der Waals surface area contributed by atoms with Crippen molar-refractivity contribution in [3.63, 3.8) is 0 Å². The van der Waals surface area contributed by atoms with Gasteiger partial charge >= 0.3 is 5.97 Å². The zero-order valence-electron chi connectivity index (χ0n) is 10.2. The van der Waals surface area contributed by atoms with Gasteiger partial charge in [0.05, 0.1) is 12.1 Å². The predicted octanol–water partition coefficient (Wildman–Crippen LogP) is 2.44. The molecule has 110 valence electrons. The molecule has 0 bridgehead atoms. The van der Waals surface area contributed by atoms with Crippen LogP contribution in [0.1, 0.15) is 16.1 Å². The zero-order valence-corrected chi connectivity index (χ0v) is 11.0. The van der Waals surface area contributed by atoms with Gasteiger partial charge in [0, 0.05) is 10.9 Å². The van der Waals surface area contributed by atoms with Crippen LogP contribution in [0.5, 0.6) is 0 Å². The Morgan fingerprint density at radius 3 is 2.43 bits per heavy atom. The minimum atomic E-state index is -1.66. The molecule has 0 radical (unpaired) electrons. The molecule has 0 unspecified atom stereocenters. The van der Waals surface area contributed by atoms with Crippen molar-refractivity contribution in [1.29, 1.82) is 0 Å². The van der Waals surface area contributed by atoms with Crippen LogP contribution >= 0.6 is 11.3 Å². The van der Waals surface area contributed by atoms with E-state index in [-0.39, 0.29) is 17.2 Å². The van der Waals surface area contributed by atoms with Gasteiger partial charge in [0.15, 0.2) is 22.6 Å². The van der Waals surface area contributed by atoms with Crippen molar-refractivity contribution in [1.82, 2.24) is 4.98 Å². The van der Waals surface area contributed by atoms with E-state index in [1.165, 1.54) is 5.38 Å². The van der Waals surface area contributed by atoms with E-state index < -0.39 is 34.9 Å². The molecule has 21 heavy (non-hydrogen) atoms. The maximum atomic E-state index is 13.0. The first-order valence-corrected chi connectivity index (χ1v) is 6.37. The third-order valence-electron chi connectivity index (χ3n) is 2.35. The van der Waals surface area contributed by atoms with E-state index in [4.69, 9.17) is 5.11 Å². The van der Waals surface area contributed by atoms with Crippen molar-refractivity contribution in [3.05, 3.63) is 46.2 Å². The lowest BCUT2D eigenvalue weighted by Gasteiger charge is -2.03. The van der Waals surface area contributed by atoms with E-state index in [1.807, 2.05) is 0 Å². The summed E-state index contributed by atoms with van der Waals surface area (Å²) in [7, 11) is 0. The minimum Gasteiger partial charge on any atom is -0.481 e. The molecule has 0 spiro atoms. The SMILES string of the molecule is O=C(O)Cc1csc(NC(=O)c2cc(F)c(F)c(F)c2)n1. The quantitative estimate of drug-likeness (QED) is 0.849. The molecule has 0 aliphatic rings. The van der Waals surface area contributed by atoms with Crippen molar-refractivity contribution < 1.29 is 27.9 Å². The highest BCUT2D eigenvalue weighted by molar-refractivity contribution is 7.14. The van der Waals surface area contributed by atoms with Gasteiger partial charge in [0.1, 0.15) is 0 Å². The van der Waals surface area contributed by atoms with Gasteiger partial charge in [-0.1, -0.05) is 0 Å². The number of carbonyl (C=O) groups is 2. The molecule has 2 N–H and O–H groups in total. The summed E-state index contributed by atoms with van der Waals surface area (Å²) in [6, 6.07) is 1.11. The Kier molecular flexibility index (Phi) is 4.22. The number of rotatable bonds is 4. The summed E-state index contributed by atoms with van der Waals surface area (Å²) in [6.07, 6.45) is -0.313. The first-order valence-electron chi connectivity index (χ1n) is 5.49. The van der Waals surface area contributed by atoms with Gasteiger partial charge in [-0.05, 0) is 12.1 Å². The summed E-state index contributed by atoms with van der Waals surface area (Å²) in [6.45, 7) is 0. The van der Waals surface area contributed by atoms with Crippen LogP contribution in [0.3, 0.4) is 0 Å². The van der Waals surface area contributed by atoms with E-state index in [9.17, 15) is 22.8 Å². The van der Waals surface area contributed by atoms with E-state index >= 15 is 0 Å². The Labute approximate surface area is 120 Å². The van der Waals surface area contributed by atoms with Gasteiger partial charge in [0.2, 0.25) is 0 Å². The minimum absolute atomic E-state index is 0.0707. The van der Waals surface area contributed by atoms with Crippen LogP contribution in [-0.2, 0) is 11.2 Å². The van der Waals surface area contributed by atoms with Crippen LogP contribution in [0.4, 0.5) is 18.3 Å². The van der Waals surface area contributed by atoms with E-state index in [1.54, 1.807) is 0 Å². The summed E-state index contributed by atoms with van der Waals surface area (Å²) < 4.78 is 38.8. The first kappa shape index (κ1) is 15.0. The summed E-state index contributed by atoms with van der Waals surface area (Å²) in [5.74, 6) is -6.59. The molecule has 0 aliphatic carbocycles. The van der Waals surface area contributed by atoms with Crippen molar-refractivity contribution in [2.45, 2.75) is 6.42 Å². The summed E-state index contributed by atoms with van der Waals surface area (Å²) in [5.41, 5.74) is -0.180. The number of nitrogens with zero attached hydrogens (tertiary/aromatic N) is 1. The van der Waals surface area contributed by atoms with Gasteiger partial charge in [-0.15, -0.1) is 11.3 Å². The number of hydrogen-bond acceptors (Lipinski definition) is 4. The Morgan fingerprint density at radius 1 is 1.24 bits per heavy atom. The Bertz CT molecular complexity index is 695. The lowest BCUT2D eigenvalue weighted by molar-refractivity contribution is -0.136.